The maximum atomic E-state index is 12.5. The van der Waals surface area contributed by atoms with Crippen LogP contribution in [0.4, 0.5) is 11.5 Å². The van der Waals surface area contributed by atoms with Crippen LogP contribution < -0.4 is 10.2 Å². The van der Waals surface area contributed by atoms with Crippen molar-refractivity contribution in [3.63, 3.8) is 0 Å². The summed E-state index contributed by atoms with van der Waals surface area (Å²) in [4.78, 5) is 22.0. The molecule has 160 valence electrons. The van der Waals surface area contributed by atoms with Gasteiger partial charge in [-0.2, -0.15) is 0 Å². The zero-order chi connectivity index (χ0) is 21.2. The lowest BCUT2D eigenvalue weighted by molar-refractivity contribution is 0.0383. The molecule has 5 rings (SSSR count). The predicted octanol–water partition coefficient (Wildman–Crippen LogP) is 3.30. The number of carbonyl (C=O) groups excluding carboxylic acids is 1. The van der Waals surface area contributed by atoms with Crippen LogP contribution in [0.15, 0.2) is 48.5 Å². The van der Waals surface area contributed by atoms with Gasteiger partial charge in [0.2, 0.25) is 0 Å². The van der Waals surface area contributed by atoms with Crippen molar-refractivity contribution in [2.75, 3.05) is 50.8 Å². The Morgan fingerprint density at radius 3 is 2.68 bits per heavy atom. The van der Waals surface area contributed by atoms with Crippen LogP contribution in [0.25, 0.3) is 10.9 Å². The Kier molecular flexibility index (Phi) is 5.57. The fourth-order valence-corrected chi connectivity index (χ4v) is 4.37. The second-order valence-electron chi connectivity index (χ2n) is 8.33. The Hall–Kier alpha value is -2.96. The monoisotopic (exact) mass is 416 g/mol. The molecule has 0 radical (unpaired) electrons. The van der Waals surface area contributed by atoms with Crippen LogP contribution in [0.5, 0.6) is 0 Å². The van der Waals surface area contributed by atoms with Crippen LogP contribution in [0, 0.1) is 6.92 Å². The number of aromatic nitrogens is 1. The van der Waals surface area contributed by atoms with Crippen LogP contribution >= 0.6 is 0 Å². The first-order valence-corrected chi connectivity index (χ1v) is 11.0. The highest BCUT2D eigenvalue weighted by molar-refractivity contribution is 5.94. The summed E-state index contributed by atoms with van der Waals surface area (Å²) in [7, 11) is 0. The minimum atomic E-state index is -0.0266. The number of carbonyl (C=O) groups is 1. The average Bonchev–Trinajstić information content (AvgIpc) is 3.21. The summed E-state index contributed by atoms with van der Waals surface area (Å²) in [5.41, 5.74) is 5.28. The number of anilines is 2. The molecule has 1 amide bonds. The number of aryl methyl sites for hydroxylation is 1. The van der Waals surface area contributed by atoms with Crippen LogP contribution in [-0.2, 0) is 11.2 Å². The summed E-state index contributed by atoms with van der Waals surface area (Å²) in [6.45, 7) is 7.93. The van der Waals surface area contributed by atoms with Gasteiger partial charge in [-0.25, -0.2) is 4.98 Å². The first kappa shape index (κ1) is 20.0. The molecule has 6 heteroatoms. The first-order chi connectivity index (χ1) is 15.2. The minimum absolute atomic E-state index is 0.0266. The Morgan fingerprint density at radius 1 is 1.06 bits per heavy atom. The molecule has 1 fully saturated rings. The highest BCUT2D eigenvalue weighted by Crippen LogP contribution is 2.35. The van der Waals surface area contributed by atoms with Gasteiger partial charge in [0.05, 0.1) is 18.7 Å². The second-order valence-corrected chi connectivity index (χ2v) is 8.33. The number of benzene rings is 2. The number of nitrogens with zero attached hydrogens (tertiary/aromatic N) is 3. The van der Waals surface area contributed by atoms with Gasteiger partial charge in [0.1, 0.15) is 5.82 Å². The highest BCUT2D eigenvalue weighted by Gasteiger charge is 2.23. The quantitative estimate of drug-likeness (QED) is 0.692. The van der Waals surface area contributed by atoms with E-state index in [-0.39, 0.29) is 5.91 Å². The van der Waals surface area contributed by atoms with Gasteiger partial charge in [-0.15, -0.1) is 0 Å². The maximum absolute atomic E-state index is 12.5. The van der Waals surface area contributed by atoms with E-state index in [0.29, 0.717) is 12.1 Å². The zero-order valence-electron chi connectivity index (χ0n) is 17.9. The first-order valence-electron chi connectivity index (χ1n) is 11.0. The van der Waals surface area contributed by atoms with E-state index >= 15 is 0 Å². The van der Waals surface area contributed by atoms with E-state index in [1.54, 1.807) is 0 Å². The largest absolute Gasteiger partial charge is 0.379 e. The fraction of sp³-hybridized carbons (Fsp3) is 0.360. The van der Waals surface area contributed by atoms with E-state index in [2.05, 4.69) is 46.3 Å². The van der Waals surface area contributed by atoms with E-state index in [4.69, 9.17) is 9.72 Å². The van der Waals surface area contributed by atoms with Gasteiger partial charge in [0, 0.05) is 49.4 Å². The summed E-state index contributed by atoms with van der Waals surface area (Å²) in [5.74, 6) is 1.00. The van der Waals surface area contributed by atoms with Crippen molar-refractivity contribution >= 4 is 28.3 Å². The van der Waals surface area contributed by atoms with E-state index in [0.717, 1.165) is 62.8 Å². The Labute approximate surface area is 182 Å². The predicted molar refractivity (Wildman–Crippen MR) is 123 cm³/mol. The van der Waals surface area contributed by atoms with Crippen molar-refractivity contribution in [1.29, 1.82) is 0 Å². The van der Waals surface area contributed by atoms with Crippen molar-refractivity contribution in [1.82, 2.24) is 15.2 Å². The van der Waals surface area contributed by atoms with Gasteiger partial charge >= 0.3 is 0 Å². The Balaban J connectivity index is 1.26. The molecule has 6 nitrogen and oxygen atoms in total. The average molecular weight is 417 g/mol. The van der Waals surface area contributed by atoms with E-state index < -0.39 is 0 Å². The number of morpholine rings is 1. The normalized spacial score (nSPS) is 16.5. The van der Waals surface area contributed by atoms with Crippen LogP contribution in [-0.4, -0.2) is 61.7 Å². The van der Waals surface area contributed by atoms with Crippen molar-refractivity contribution in [3.8, 4) is 0 Å². The number of rotatable bonds is 5. The lowest BCUT2D eigenvalue weighted by Gasteiger charge is -2.26. The Bertz CT molecular complexity index is 1090. The van der Waals surface area contributed by atoms with Gasteiger partial charge < -0.3 is 15.0 Å². The molecule has 3 aromatic rings. The summed E-state index contributed by atoms with van der Waals surface area (Å²) < 4.78 is 5.36. The van der Waals surface area contributed by atoms with Gasteiger partial charge in [-0.1, -0.05) is 12.1 Å². The van der Waals surface area contributed by atoms with Gasteiger partial charge in [-0.3, -0.25) is 9.69 Å². The molecule has 0 bridgehead atoms. The molecule has 0 saturated carbocycles. The van der Waals surface area contributed by atoms with Gasteiger partial charge in [0.25, 0.3) is 5.91 Å². The molecular weight excluding hydrogens is 388 g/mol. The molecule has 0 atom stereocenters. The van der Waals surface area contributed by atoms with E-state index in [1.165, 1.54) is 16.5 Å². The van der Waals surface area contributed by atoms with Crippen molar-refractivity contribution in [2.24, 2.45) is 0 Å². The number of amides is 1. The number of fused-ring (bicyclic) bond motifs is 2. The summed E-state index contributed by atoms with van der Waals surface area (Å²) >= 11 is 0. The summed E-state index contributed by atoms with van der Waals surface area (Å²) in [6.07, 6.45) is 0.982. The smallest absolute Gasteiger partial charge is 0.251 e. The lowest BCUT2D eigenvalue weighted by Crippen LogP contribution is -2.41. The molecule has 1 aromatic heterocycles. The molecule has 3 heterocycles. The minimum Gasteiger partial charge on any atom is -0.379 e. The zero-order valence-corrected chi connectivity index (χ0v) is 17.9. The van der Waals surface area contributed by atoms with Crippen molar-refractivity contribution in [3.05, 3.63) is 65.2 Å². The molecule has 0 unspecified atom stereocenters. The number of hydrogen-bond acceptors (Lipinski definition) is 5. The molecule has 2 aliphatic rings. The highest BCUT2D eigenvalue weighted by atomic mass is 16.5. The van der Waals surface area contributed by atoms with E-state index in [9.17, 15) is 4.79 Å². The molecular formula is C25H28N4O2. The molecule has 0 spiro atoms. The third-order valence-electron chi connectivity index (χ3n) is 6.15. The summed E-state index contributed by atoms with van der Waals surface area (Å²) in [6, 6.07) is 16.5. The second kappa shape index (κ2) is 8.65. The molecule has 2 aromatic carbocycles. The Morgan fingerprint density at radius 2 is 1.87 bits per heavy atom. The van der Waals surface area contributed by atoms with Crippen LogP contribution in [0.3, 0.4) is 0 Å². The van der Waals surface area contributed by atoms with Gasteiger partial charge in [0.15, 0.2) is 0 Å². The standard InChI is InChI=1S/C25H28N4O2/c1-18-2-3-20-17-21-8-10-29(24(21)27-23(20)16-18)22-6-4-19(5-7-22)25(30)26-9-11-28-12-14-31-15-13-28/h2-7,16-17H,8-15H2,1H3,(H,26,30). The topological polar surface area (TPSA) is 57.7 Å². The van der Waals surface area contributed by atoms with Crippen LogP contribution in [0.1, 0.15) is 21.5 Å². The number of hydrogen-bond donors (Lipinski definition) is 1. The summed E-state index contributed by atoms with van der Waals surface area (Å²) in [5, 5.41) is 4.22. The molecule has 0 aliphatic carbocycles. The molecule has 31 heavy (non-hydrogen) atoms. The van der Waals surface area contributed by atoms with E-state index in [1.807, 2.05) is 24.3 Å². The fourth-order valence-electron chi connectivity index (χ4n) is 4.37. The third-order valence-corrected chi connectivity index (χ3v) is 6.15. The lowest BCUT2D eigenvalue weighted by atomic mass is 10.1. The third kappa shape index (κ3) is 4.27. The number of pyridine rings is 1. The maximum Gasteiger partial charge on any atom is 0.251 e. The number of ether oxygens (including phenoxy) is 1. The molecule has 2 aliphatic heterocycles. The van der Waals surface area contributed by atoms with Crippen LogP contribution in [0.2, 0.25) is 0 Å². The molecule has 1 saturated heterocycles. The van der Waals surface area contributed by atoms with Crippen molar-refractivity contribution < 1.29 is 9.53 Å². The molecule has 1 N–H and O–H groups in total. The number of nitrogens with one attached hydrogen (secondary N) is 1. The van der Waals surface area contributed by atoms with Gasteiger partial charge in [-0.05, 0) is 60.9 Å². The van der Waals surface area contributed by atoms with Crippen molar-refractivity contribution in [2.45, 2.75) is 13.3 Å². The SMILES string of the molecule is Cc1ccc2cc3c(nc2c1)N(c1ccc(C(=O)NCCN2CCOCC2)cc1)CC3.